The highest BCUT2D eigenvalue weighted by Crippen LogP contribution is 2.32. The fraction of sp³-hybridized carbons (Fsp3) is 0.280. The van der Waals surface area contributed by atoms with Crippen LogP contribution in [0.4, 0.5) is 13.2 Å². The molecular formula is C25H23ClF3N5O3. The zero-order chi connectivity index (χ0) is 27.6. The van der Waals surface area contributed by atoms with Gasteiger partial charge in [-0.25, -0.2) is 19.0 Å². The Kier molecular flexibility index (Phi) is 7.52. The van der Waals surface area contributed by atoms with Crippen LogP contribution < -0.4 is 10.1 Å². The molecule has 0 aliphatic heterocycles. The lowest BCUT2D eigenvalue weighted by Gasteiger charge is -2.20. The summed E-state index contributed by atoms with van der Waals surface area (Å²) in [7, 11) is 0. The summed E-state index contributed by atoms with van der Waals surface area (Å²) in [4.78, 5) is 20.9. The number of ether oxygens (including phenoxy) is 2. The minimum Gasteiger partial charge on any atom is -0.487 e. The van der Waals surface area contributed by atoms with Gasteiger partial charge in [0.15, 0.2) is 0 Å². The normalized spacial score (nSPS) is 13.5. The van der Waals surface area contributed by atoms with Gasteiger partial charge >= 0.3 is 6.61 Å². The maximum atomic E-state index is 14.3. The molecule has 0 unspecified atom stereocenters. The molecule has 4 rings (SSSR count). The third-order valence-corrected chi connectivity index (χ3v) is 5.80. The molecule has 0 aliphatic rings. The van der Waals surface area contributed by atoms with Crippen LogP contribution in [0.15, 0.2) is 42.7 Å². The fourth-order valence-corrected chi connectivity index (χ4v) is 4.10. The SMILES string of the molecule is [2H][C@@](C)(NC(=O)COC(F)F)c1cc(F)cc(Cl)c1COc1cccc2c(-n3ncnc3C)cc(C)nc12. The first-order valence-electron chi connectivity index (χ1n) is 11.6. The van der Waals surface area contributed by atoms with E-state index in [1.807, 2.05) is 26.0 Å². The van der Waals surface area contributed by atoms with Crippen molar-refractivity contribution in [1.29, 1.82) is 0 Å². The number of nitrogens with zero attached hydrogens (tertiary/aromatic N) is 4. The summed E-state index contributed by atoms with van der Waals surface area (Å²) in [5.41, 5.74) is 2.18. The van der Waals surface area contributed by atoms with E-state index in [0.717, 1.165) is 23.2 Å². The van der Waals surface area contributed by atoms with Gasteiger partial charge in [0.2, 0.25) is 5.91 Å². The van der Waals surface area contributed by atoms with Gasteiger partial charge in [-0.1, -0.05) is 23.7 Å². The highest BCUT2D eigenvalue weighted by Gasteiger charge is 2.20. The van der Waals surface area contributed by atoms with E-state index in [0.29, 0.717) is 22.8 Å². The van der Waals surface area contributed by atoms with Crippen molar-refractivity contribution in [3.05, 3.63) is 76.2 Å². The van der Waals surface area contributed by atoms with Gasteiger partial charge in [-0.2, -0.15) is 13.9 Å². The van der Waals surface area contributed by atoms with Crippen LogP contribution in [0, 0.1) is 19.7 Å². The van der Waals surface area contributed by atoms with E-state index in [1.54, 1.807) is 16.8 Å². The lowest BCUT2D eigenvalue weighted by Crippen LogP contribution is -2.31. The van der Waals surface area contributed by atoms with Crippen LogP contribution in [0.2, 0.25) is 5.02 Å². The average molecular weight is 535 g/mol. The maximum absolute atomic E-state index is 14.3. The first-order chi connectivity index (χ1) is 18.0. The second-order valence-electron chi connectivity index (χ2n) is 8.10. The van der Waals surface area contributed by atoms with Crippen molar-refractivity contribution in [3.63, 3.8) is 0 Å². The van der Waals surface area contributed by atoms with Gasteiger partial charge in [0, 0.05) is 16.6 Å². The Morgan fingerprint density at radius 1 is 1.27 bits per heavy atom. The summed E-state index contributed by atoms with van der Waals surface area (Å²) in [5.74, 6) is -0.667. The molecule has 1 atom stereocenters. The minimum absolute atomic E-state index is 0.0174. The maximum Gasteiger partial charge on any atom is 0.345 e. The van der Waals surface area contributed by atoms with Crippen LogP contribution in [0.25, 0.3) is 16.6 Å². The molecule has 2 aromatic heterocycles. The van der Waals surface area contributed by atoms with E-state index in [9.17, 15) is 18.0 Å². The number of halogens is 4. The first-order valence-corrected chi connectivity index (χ1v) is 11.4. The Morgan fingerprint density at radius 2 is 2.05 bits per heavy atom. The van der Waals surface area contributed by atoms with Crippen LogP contribution in [-0.2, 0) is 16.1 Å². The van der Waals surface area contributed by atoms with Crippen molar-refractivity contribution >= 4 is 28.4 Å². The molecule has 1 N–H and O–H groups in total. The molecule has 4 aromatic rings. The number of fused-ring (bicyclic) bond motifs is 1. The Labute approximate surface area is 216 Å². The van der Waals surface area contributed by atoms with Gasteiger partial charge in [-0.05, 0) is 50.6 Å². The zero-order valence-electron chi connectivity index (χ0n) is 21.1. The van der Waals surface area contributed by atoms with Gasteiger partial charge in [0.05, 0.1) is 18.1 Å². The molecule has 2 heterocycles. The predicted molar refractivity (Wildman–Crippen MR) is 130 cm³/mol. The smallest absolute Gasteiger partial charge is 0.345 e. The highest BCUT2D eigenvalue weighted by molar-refractivity contribution is 6.31. The zero-order valence-corrected chi connectivity index (χ0v) is 20.8. The van der Waals surface area contributed by atoms with Gasteiger partial charge in [-0.15, -0.1) is 0 Å². The second kappa shape index (κ2) is 11.1. The van der Waals surface area contributed by atoms with E-state index >= 15 is 0 Å². The third-order valence-electron chi connectivity index (χ3n) is 5.46. The number of carbonyl (C=O) groups is 1. The van der Waals surface area contributed by atoms with Crippen molar-refractivity contribution in [2.45, 2.75) is 40.0 Å². The molecule has 0 saturated carbocycles. The number of para-hydroxylation sites is 1. The Hall–Kier alpha value is -3.70. The number of aromatic nitrogens is 4. The van der Waals surface area contributed by atoms with Crippen LogP contribution in [0.5, 0.6) is 5.75 Å². The number of nitrogens with one attached hydrogen (secondary N) is 1. The molecule has 12 heteroatoms. The molecule has 0 spiro atoms. The lowest BCUT2D eigenvalue weighted by atomic mass is 10.0. The summed E-state index contributed by atoms with van der Waals surface area (Å²) in [6.45, 7) is 0.569. The largest absolute Gasteiger partial charge is 0.487 e. The van der Waals surface area contributed by atoms with E-state index < -0.39 is 31.0 Å². The molecule has 2 aromatic carbocycles. The standard InChI is InChI=1S/C25H23ClF3N5O3/c1-13-7-21(34-15(3)30-12-31-34)17-5-4-6-22(24(17)32-13)36-10-19-18(8-16(27)9-20(19)26)14(2)33-23(35)11-37-25(28)29/h4-9,12,14,25H,10-11H2,1-3H3,(H,33,35)/t14-/m0/s1/i14D. The molecule has 0 fully saturated rings. The number of hydrogen-bond acceptors (Lipinski definition) is 6. The van der Waals surface area contributed by atoms with Gasteiger partial charge in [-0.3, -0.25) is 4.79 Å². The number of amides is 1. The molecule has 0 bridgehead atoms. The van der Waals surface area contributed by atoms with Crippen molar-refractivity contribution in [3.8, 4) is 11.4 Å². The number of hydrogen-bond donors (Lipinski definition) is 1. The van der Waals surface area contributed by atoms with Crippen molar-refractivity contribution in [2.24, 2.45) is 0 Å². The molecule has 0 saturated heterocycles. The summed E-state index contributed by atoms with van der Waals surface area (Å²) in [6.07, 6.45) is 1.45. The second-order valence-corrected chi connectivity index (χ2v) is 8.51. The molecule has 37 heavy (non-hydrogen) atoms. The summed E-state index contributed by atoms with van der Waals surface area (Å²) < 4.78 is 59.2. The number of aryl methyl sites for hydroxylation is 2. The lowest BCUT2D eigenvalue weighted by molar-refractivity contribution is -0.152. The predicted octanol–water partition coefficient (Wildman–Crippen LogP) is 5.22. The summed E-state index contributed by atoms with van der Waals surface area (Å²) in [5, 5.41) is 7.23. The van der Waals surface area contributed by atoms with Crippen molar-refractivity contribution in [2.75, 3.05) is 6.61 Å². The van der Waals surface area contributed by atoms with E-state index in [1.165, 1.54) is 13.3 Å². The van der Waals surface area contributed by atoms with E-state index in [2.05, 4.69) is 25.1 Å². The Balaban J connectivity index is 1.68. The molecule has 0 aliphatic carbocycles. The van der Waals surface area contributed by atoms with E-state index in [-0.39, 0.29) is 22.8 Å². The number of rotatable bonds is 9. The van der Waals surface area contributed by atoms with Gasteiger partial charge in [0.1, 0.15) is 42.4 Å². The number of alkyl halides is 2. The molecular weight excluding hydrogens is 511 g/mol. The van der Waals surface area contributed by atoms with E-state index in [4.69, 9.17) is 17.7 Å². The van der Waals surface area contributed by atoms with Crippen molar-refractivity contribution < 1.29 is 28.8 Å². The van der Waals surface area contributed by atoms with Gasteiger partial charge in [0.25, 0.3) is 0 Å². The summed E-state index contributed by atoms with van der Waals surface area (Å²) >= 11 is 6.33. The molecule has 8 nitrogen and oxygen atoms in total. The number of benzene rings is 2. The minimum atomic E-state index is -3.16. The topological polar surface area (TPSA) is 91.2 Å². The third kappa shape index (κ3) is 6.00. The Morgan fingerprint density at radius 3 is 2.76 bits per heavy atom. The quantitative estimate of drug-likeness (QED) is 0.316. The fourth-order valence-electron chi connectivity index (χ4n) is 3.84. The highest BCUT2D eigenvalue weighted by atomic mass is 35.5. The van der Waals surface area contributed by atoms with Crippen LogP contribution >= 0.6 is 11.6 Å². The van der Waals surface area contributed by atoms with Crippen LogP contribution in [-0.4, -0.2) is 38.9 Å². The van der Waals surface area contributed by atoms with Crippen LogP contribution in [0.3, 0.4) is 0 Å². The van der Waals surface area contributed by atoms with Crippen molar-refractivity contribution in [1.82, 2.24) is 25.1 Å². The average Bonchev–Trinajstić information content (AvgIpc) is 3.26. The van der Waals surface area contributed by atoms with Gasteiger partial charge < -0.3 is 14.8 Å². The number of pyridine rings is 1. The molecule has 1 amide bonds. The Bertz CT molecular complexity index is 1500. The number of carbonyl (C=O) groups excluding carboxylic acids is 1. The van der Waals surface area contributed by atoms with Crippen LogP contribution in [0.1, 0.15) is 37.0 Å². The molecule has 0 radical (unpaired) electrons. The monoisotopic (exact) mass is 534 g/mol. The molecule has 194 valence electrons. The first kappa shape index (κ1) is 25.0. The summed E-state index contributed by atoms with van der Waals surface area (Å²) in [6, 6.07) is 7.34.